The van der Waals surface area contributed by atoms with Gasteiger partial charge in [-0.3, -0.25) is 4.68 Å². The fourth-order valence-electron chi connectivity index (χ4n) is 0.568. The van der Waals surface area contributed by atoms with Gasteiger partial charge in [-0.25, -0.2) is 0 Å². The molecule has 0 aromatic carbocycles. The Balaban J connectivity index is 2.98. The quantitative estimate of drug-likeness (QED) is 0.583. The molecule has 0 aliphatic carbocycles. The summed E-state index contributed by atoms with van der Waals surface area (Å²) in [4.78, 5) is 4.07. The summed E-state index contributed by atoms with van der Waals surface area (Å²) in [6, 6.07) is 0. The minimum Gasteiger partial charge on any atom is -0.356 e. The molecule has 0 aliphatic heterocycles. The normalized spacial score (nSPS) is 9.67. The third kappa shape index (κ3) is 1.01. The Bertz CT molecular complexity index is 183. The topological polar surface area (TPSA) is 42.7 Å². The molecule has 1 aromatic heterocycles. The summed E-state index contributed by atoms with van der Waals surface area (Å²) in [7, 11) is 3.66. The van der Waals surface area contributed by atoms with Crippen LogP contribution in [0.1, 0.15) is 5.82 Å². The third-order valence-corrected chi connectivity index (χ3v) is 1.20. The second-order valence-electron chi connectivity index (χ2n) is 1.86. The molecule has 0 saturated heterocycles. The molecule has 50 valence electrons. The Morgan fingerprint density at radius 3 is 2.44 bits per heavy atom. The van der Waals surface area contributed by atoms with Gasteiger partial charge in [0, 0.05) is 14.1 Å². The van der Waals surface area contributed by atoms with Gasteiger partial charge in [0.15, 0.2) is 0 Å². The van der Waals surface area contributed by atoms with E-state index in [-0.39, 0.29) is 0 Å². The van der Waals surface area contributed by atoms with Crippen LogP contribution in [0.4, 0.5) is 5.95 Å². The van der Waals surface area contributed by atoms with Gasteiger partial charge in [-0.2, -0.15) is 4.98 Å². The zero-order valence-corrected chi connectivity index (χ0v) is 5.84. The van der Waals surface area contributed by atoms with Gasteiger partial charge in [-0.05, 0) is 6.92 Å². The zero-order valence-electron chi connectivity index (χ0n) is 5.84. The molecule has 0 aliphatic rings. The predicted octanol–water partition coefficient (Wildman–Crippen LogP) is 0.165. The highest BCUT2D eigenvalue weighted by Crippen LogP contribution is 1.96. The standard InChI is InChI=1S/C5H10N4/c1-4-7-5(6-2)8-9(4)3/h1-3H3,(H,6,8). The molecule has 0 spiro atoms. The largest absolute Gasteiger partial charge is 0.356 e. The van der Waals surface area contributed by atoms with Crippen LogP contribution < -0.4 is 5.32 Å². The molecule has 1 rings (SSSR count). The van der Waals surface area contributed by atoms with Crippen molar-refractivity contribution in [2.24, 2.45) is 7.05 Å². The minimum absolute atomic E-state index is 0.676. The van der Waals surface area contributed by atoms with Crippen LogP contribution in [0.3, 0.4) is 0 Å². The summed E-state index contributed by atoms with van der Waals surface area (Å²) in [5.74, 6) is 1.59. The second-order valence-corrected chi connectivity index (χ2v) is 1.86. The van der Waals surface area contributed by atoms with Gasteiger partial charge in [0.1, 0.15) is 5.82 Å². The SMILES string of the molecule is CNc1nc(C)n(C)n1. The predicted molar refractivity (Wildman–Crippen MR) is 35.3 cm³/mol. The number of anilines is 1. The zero-order chi connectivity index (χ0) is 6.85. The fourth-order valence-corrected chi connectivity index (χ4v) is 0.568. The Morgan fingerprint density at radius 2 is 2.22 bits per heavy atom. The maximum atomic E-state index is 4.07. The fraction of sp³-hybridized carbons (Fsp3) is 0.600. The molecule has 9 heavy (non-hydrogen) atoms. The van der Waals surface area contributed by atoms with E-state index in [1.54, 1.807) is 11.7 Å². The second kappa shape index (κ2) is 2.05. The molecule has 0 amide bonds. The lowest BCUT2D eigenvalue weighted by molar-refractivity contribution is 0.736. The maximum absolute atomic E-state index is 4.07. The van der Waals surface area contributed by atoms with E-state index >= 15 is 0 Å². The van der Waals surface area contributed by atoms with Crippen LogP contribution >= 0.6 is 0 Å². The molecule has 1 N–H and O–H groups in total. The molecule has 1 aromatic rings. The first-order valence-electron chi connectivity index (χ1n) is 2.79. The number of hydrogen-bond donors (Lipinski definition) is 1. The summed E-state index contributed by atoms with van der Waals surface area (Å²) in [6.45, 7) is 1.91. The molecule has 0 saturated carbocycles. The van der Waals surface area contributed by atoms with E-state index < -0.39 is 0 Å². The first-order valence-corrected chi connectivity index (χ1v) is 2.79. The summed E-state index contributed by atoms with van der Waals surface area (Å²) in [5, 5.41) is 6.87. The first kappa shape index (κ1) is 6.07. The van der Waals surface area contributed by atoms with Crippen molar-refractivity contribution >= 4 is 5.95 Å². The van der Waals surface area contributed by atoms with E-state index in [4.69, 9.17) is 0 Å². The van der Waals surface area contributed by atoms with Crippen molar-refractivity contribution in [3.05, 3.63) is 5.82 Å². The van der Waals surface area contributed by atoms with Gasteiger partial charge < -0.3 is 5.32 Å². The molecule has 0 radical (unpaired) electrons. The van der Waals surface area contributed by atoms with E-state index in [1.165, 1.54) is 0 Å². The Hall–Kier alpha value is -1.06. The highest BCUT2D eigenvalue weighted by Gasteiger charge is 1.97. The van der Waals surface area contributed by atoms with Crippen LogP contribution in [-0.4, -0.2) is 21.8 Å². The van der Waals surface area contributed by atoms with Crippen LogP contribution in [0.2, 0.25) is 0 Å². The van der Waals surface area contributed by atoms with Gasteiger partial charge in [-0.1, -0.05) is 0 Å². The lowest BCUT2D eigenvalue weighted by atomic mass is 10.7. The van der Waals surface area contributed by atoms with Crippen molar-refractivity contribution in [3.63, 3.8) is 0 Å². The highest BCUT2D eigenvalue weighted by atomic mass is 15.4. The van der Waals surface area contributed by atoms with Gasteiger partial charge in [-0.15, -0.1) is 5.10 Å². The lowest BCUT2D eigenvalue weighted by Crippen LogP contribution is -1.93. The Labute approximate surface area is 53.9 Å². The van der Waals surface area contributed by atoms with Crippen LogP contribution in [0.25, 0.3) is 0 Å². The van der Waals surface area contributed by atoms with Gasteiger partial charge in [0.05, 0.1) is 0 Å². The molecular weight excluding hydrogens is 116 g/mol. The van der Waals surface area contributed by atoms with E-state index in [1.807, 2.05) is 14.0 Å². The molecule has 0 fully saturated rings. The number of rotatable bonds is 1. The minimum atomic E-state index is 0.676. The third-order valence-electron chi connectivity index (χ3n) is 1.20. The van der Waals surface area contributed by atoms with Crippen molar-refractivity contribution < 1.29 is 0 Å². The van der Waals surface area contributed by atoms with E-state index in [0.29, 0.717) is 5.95 Å². The molecule has 4 heteroatoms. The average molecular weight is 126 g/mol. The number of nitrogens with zero attached hydrogens (tertiary/aromatic N) is 3. The first-order chi connectivity index (χ1) is 4.24. The van der Waals surface area contributed by atoms with Crippen LogP contribution in [0.5, 0.6) is 0 Å². The molecule has 1 heterocycles. The van der Waals surface area contributed by atoms with Gasteiger partial charge in [0.25, 0.3) is 0 Å². The smallest absolute Gasteiger partial charge is 0.242 e. The van der Waals surface area contributed by atoms with Crippen LogP contribution in [-0.2, 0) is 7.05 Å². The van der Waals surface area contributed by atoms with E-state index in [2.05, 4.69) is 15.4 Å². The number of aryl methyl sites for hydroxylation is 2. The Morgan fingerprint density at radius 1 is 1.56 bits per heavy atom. The number of aromatic nitrogens is 3. The molecular formula is C5H10N4. The van der Waals surface area contributed by atoms with Crippen LogP contribution in [0, 0.1) is 6.92 Å². The molecule has 0 unspecified atom stereocenters. The summed E-state index contributed by atoms with van der Waals surface area (Å²) in [6.07, 6.45) is 0. The van der Waals surface area contributed by atoms with Crippen molar-refractivity contribution in [3.8, 4) is 0 Å². The van der Waals surface area contributed by atoms with Crippen molar-refractivity contribution in [1.82, 2.24) is 14.8 Å². The summed E-state index contributed by atoms with van der Waals surface area (Å²) < 4.78 is 1.73. The van der Waals surface area contributed by atoms with Crippen molar-refractivity contribution in [2.75, 3.05) is 12.4 Å². The number of nitrogens with one attached hydrogen (secondary N) is 1. The number of hydrogen-bond acceptors (Lipinski definition) is 3. The average Bonchev–Trinajstić information content (AvgIpc) is 2.13. The van der Waals surface area contributed by atoms with Crippen LogP contribution in [0.15, 0.2) is 0 Å². The van der Waals surface area contributed by atoms with E-state index in [9.17, 15) is 0 Å². The summed E-state index contributed by atoms with van der Waals surface area (Å²) in [5.41, 5.74) is 0. The van der Waals surface area contributed by atoms with Crippen molar-refractivity contribution in [1.29, 1.82) is 0 Å². The Kier molecular flexibility index (Phi) is 1.38. The molecule has 0 atom stereocenters. The van der Waals surface area contributed by atoms with E-state index in [0.717, 1.165) is 5.82 Å². The van der Waals surface area contributed by atoms with Gasteiger partial charge >= 0.3 is 0 Å². The lowest BCUT2D eigenvalue weighted by Gasteiger charge is -1.85. The molecule has 0 bridgehead atoms. The van der Waals surface area contributed by atoms with Crippen molar-refractivity contribution in [2.45, 2.75) is 6.92 Å². The summed E-state index contributed by atoms with van der Waals surface area (Å²) >= 11 is 0. The maximum Gasteiger partial charge on any atom is 0.242 e. The monoisotopic (exact) mass is 126 g/mol. The highest BCUT2D eigenvalue weighted by molar-refractivity contribution is 5.20. The molecule has 4 nitrogen and oxygen atoms in total. The van der Waals surface area contributed by atoms with Gasteiger partial charge in [0.2, 0.25) is 5.95 Å².